The molecular formula is C18H17F3N6O. The van der Waals surface area contributed by atoms with Gasteiger partial charge >= 0.3 is 6.18 Å². The molecular weight excluding hydrogens is 373 g/mol. The molecule has 28 heavy (non-hydrogen) atoms. The number of halogens is 3. The van der Waals surface area contributed by atoms with Gasteiger partial charge in [-0.25, -0.2) is 15.0 Å². The topological polar surface area (TPSA) is 103 Å². The van der Waals surface area contributed by atoms with E-state index in [2.05, 4.69) is 15.0 Å². The first-order chi connectivity index (χ1) is 13.3. The quantitative estimate of drug-likeness (QED) is 0.649. The number of rotatable bonds is 2. The zero-order valence-corrected chi connectivity index (χ0v) is 14.7. The first kappa shape index (κ1) is 18.2. The SMILES string of the molecule is Nc1ccc2c(N3CCOCC3)nc(-c3cnc(N)cc3C(F)(F)F)nc2c1. The molecule has 3 heterocycles. The number of fused-ring (bicyclic) bond motifs is 1. The van der Waals surface area contributed by atoms with Gasteiger partial charge in [0.15, 0.2) is 5.82 Å². The number of morpholine rings is 1. The number of hydrogen-bond acceptors (Lipinski definition) is 7. The number of benzene rings is 1. The summed E-state index contributed by atoms with van der Waals surface area (Å²) >= 11 is 0. The molecule has 0 saturated carbocycles. The largest absolute Gasteiger partial charge is 0.417 e. The highest BCUT2D eigenvalue weighted by Gasteiger charge is 2.35. The molecule has 0 unspecified atom stereocenters. The summed E-state index contributed by atoms with van der Waals surface area (Å²) in [4.78, 5) is 14.6. The molecule has 1 aliphatic heterocycles. The molecule has 0 spiro atoms. The number of anilines is 3. The molecule has 1 fully saturated rings. The Morgan fingerprint density at radius 2 is 1.79 bits per heavy atom. The highest BCUT2D eigenvalue weighted by molar-refractivity contribution is 5.93. The standard InChI is InChI=1S/C18H17F3N6O/c19-18(20,21)13-8-15(23)24-9-12(13)16-25-14-7-10(22)1-2-11(14)17(26-16)27-3-5-28-6-4-27/h1-2,7-9H,3-6,22H2,(H2,23,24). The van der Waals surface area contributed by atoms with Gasteiger partial charge in [0.05, 0.1) is 24.3 Å². The molecule has 3 aromatic rings. The average molecular weight is 390 g/mol. The van der Waals surface area contributed by atoms with Gasteiger partial charge < -0.3 is 21.1 Å². The van der Waals surface area contributed by atoms with E-state index in [-0.39, 0.29) is 17.2 Å². The minimum absolute atomic E-state index is 0.0839. The Morgan fingerprint density at radius 1 is 1.04 bits per heavy atom. The molecule has 10 heteroatoms. The monoisotopic (exact) mass is 390 g/mol. The summed E-state index contributed by atoms with van der Waals surface area (Å²) in [6.45, 7) is 2.16. The van der Waals surface area contributed by atoms with Crippen LogP contribution >= 0.6 is 0 Å². The van der Waals surface area contributed by atoms with Crippen molar-refractivity contribution in [2.75, 3.05) is 42.7 Å². The number of hydrogen-bond donors (Lipinski definition) is 2. The highest BCUT2D eigenvalue weighted by atomic mass is 19.4. The van der Waals surface area contributed by atoms with Crippen LogP contribution < -0.4 is 16.4 Å². The number of ether oxygens (including phenoxy) is 1. The average Bonchev–Trinajstić information content (AvgIpc) is 2.67. The molecule has 1 saturated heterocycles. The van der Waals surface area contributed by atoms with Crippen molar-refractivity contribution in [2.24, 2.45) is 0 Å². The van der Waals surface area contributed by atoms with Crippen LogP contribution in [-0.2, 0) is 10.9 Å². The van der Waals surface area contributed by atoms with Crippen LogP contribution in [0.15, 0.2) is 30.5 Å². The minimum atomic E-state index is -4.63. The lowest BCUT2D eigenvalue weighted by atomic mass is 10.1. The summed E-state index contributed by atoms with van der Waals surface area (Å²) in [5.74, 6) is 0.224. The number of pyridine rings is 1. The van der Waals surface area contributed by atoms with Gasteiger partial charge in [0.25, 0.3) is 0 Å². The van der Waals surface area contributed by atoms with Crippen molar-refractivity contribution >= 4 is 28.2 Å². The van der Waals surface area contributed by atoms with Crippen LogP contribution in [0.4, 0.5) is 30.5 Å². The summed E-state index contributed by atoms with van der Waals surface area (Å²) in [6, 6.07) is 5.88. The van der Waals surface area contributed by atoms with Crippen LogP contribution in [0.25, 0.3) is 22.3 Å². The molecule has 146 valence electrons. The van der Waals surface area contributed by atoms with E-state index in [1.165, 1.54) is 0 Å². The fraction of sp³-hybridized carbons (Fsp3) is 0.278. The van der Waals surface area contributed by atoms with Gasteiger partial charge in [-0.2, -0.15) is 13.2 Å². The predicted molar refractivity (Wildman–Crippen MR) is 99.6 cm³/mol. The van der Waals surface area contributed by atoms with Crippen molar-refractivity contribution in [1.82, 2.24) is 15.0 Å². The summed E-state index contributed by atoms with van der Waals surface area (Å²) in [7, 11) is 0. The maximum Gasteiger partial charge on any atom is 0.417 e. The van der Waals surface area contributed by atoms with E-state index >= 15 is 0 Å². The number of nitrogen functional groups attached to an aromatic ring is 2. The van der Waals surface area contributed by atoms with Gasteiger partial charge in [-0.3, -0.25) is 0 Å². The Morgan fingerprint density at radius 3 is 2.50 bits per heavy atom. The van der Waals surface area contributed by atoms with Crippen molar-refractivity contribution in [3.63, 3.8) is 0 Å². The Balaban J connectivity index is 1.96. The number of nitrogens with zero attached hydrogens (tertiary/aromatic N) is 4. The maximum atomic E-state index is 13.6. The van der Waals surface area contributed by atoms with Gasteiger partial charge in [-0.05, 0) is 24.3 Å². The van der Waals surface area contributed by atoms with Crippen molar-refractivity contribution in [1.29, 1.82) is 0 Å². The third-order valence-electron chi connectivity index (χ3n) is 4.48. The summed E-state index contributed by atoms with van der Waals surface area (Å²) in [6.07, 6.45) is -3.58. The van der Waals surface area contributed by atoms with Crippen LogP contribution in [0.5, 0.6) is 0 Å². The lowest BCUT2D eigenvalue weighted by Crippen LogP contribution is -2.37. The van der Waals surface area contributed by atoms with E-state index in [9.17, 15) is 13.2 Å². The van der Waals surface area contributed by atoms with E-state index in [4.69, 9.17) is 16.2 Å². The molecule has 0 atom stereocenters. The zero-order valence-electron chi connectivity index (χ0n) is 14.7. The van der Waals surface area contributed by atoms with Crippen molar-refractivity contribution in [3.05, 3.63) is 36.0 Å². The van der Waals surface area contributed by atoms with Gasteiger partial charge in [0.2, 0.25) is 0 Å². The predicted octanol–water partition coefficient (Wildman–Crippen LogP) is 2.71. The van der Waals surface area contributed by atoms with E-state index in [1.54, 1.807) is 18.2 Å². The van der Waals surface area contributed by atoms with Gasteiger partial charge in [0, 0.05) is 35.9 Å². The molecule has 1 aliphatic rings. The lowest BCUT2D eigenvalue weighted by molar-refractivity contribution is -0.137. The Kier molecular flexibility index (Phi) is 4.42. The molecule has 0 aliphatic carbocycles. The molecule has 2 aromatic heterocycles. The Hall–Kier alpha value is -3.14. The third kappa shape index (κ3) is 3.38. The van der Waals surface area contributed by atoms with Crippen LogP contribution in [0.3, 0.4) is 0 Å². The summed E-state index contributed by atoms with van der Waals surface area (Å²) in [5.41, 5.74) is 11.1. The number of alkyl halides is 3. The molecule has 4 N–H and O–H groups in total. The fourth-order valence-corrected chi connectivity index (χ4v) is 3.15. The molecule has 0 bridgehead atoms. The zero-order chi connectivity index (χ0) is 19.9. The second-order valence-corrected chi connectivity index (χ2v) is 6.40. The van der Waals surface area contributed by atoms with E-state index < -0.39 is 11.7 Å². The van der Waals surface area contributed by atoms with Crippen LogP contribution in [0.1, 0.15) is 5.56 Å². The normalized spacial score (nSPS) is 15.2. The van der Waals surface area contributed by atoms with Crippen molar-refractivity contribution < 1.29 is 17.9 Å². The first-order valence-corrected chi connectivity index (χ1v) is 8.56. The third-order valence-corrected chi connectivity index (χ3v) is 4.48. The van der Waals surface area contributed by atoms with Crippen LogP contribution in [0.2, 0.25) is 0 Å². The first-order valence-electron chi connectivity index (χ1n) is 8.56. The summed E-state index contributed by atoms with van der Waals surface area (Å²) < 4.78 is 46.1. The molecule has 4 rings (SSSR count). The van der Waals surface area contributed by atoms with Crippen LogP contribution in [-0.4, -0.2) is 41.3 Å². The van der Waals surface area contributed by atoms with E-state index in [0.717, 1.165) is 12.3 Å². The lowest BCUT2D eigenvalue weighted by Gasteiger charge is -2.29. The van der Waals surface area contributed by atoms with E-state index in [0.29, 0.717) is 48.7 Å². The molecule has 0 radical (unpaired) electrons. The number of nitrogens with two attached hydrogens (primary N) is 2. The number of aromatic nitrogens is 3. The Bertz CT molecular complexity index is 1030. The van der Waals surface area contributed by atoms with Crippen molar-refractivity contribution in [3.8, 4) is 11.4 Å². The second-order valence-electron chi connectivity index (χ2n) is 6.40. The highest BCUT2D eigenvalue weighted by Crippen LogP contribution is 2.38. The van der Waals surface area contributed by atoms with E-state index in [1.807, 2.05) is 4.90 Å². The Labute approximate surface area is 158 Å². The molecule has 7 nitrogen and oxygen atoms in total. The molecule has 0 amide bonds. The second kappa shape index (κ2) is 6.79. The van der Waals surface area contributed by atoms with Crippen molar-refractivity contribution in [2.45, 2.75) is 6.18 Å². The maximum absolute atomic E-state index is 13.6. The minimum Gasteiger partial charge on any atom is -0.399 e. The fourth-order valence-electron chi connectivity index (χ4n) is 3.15. The van der Waals surface area contributed by atoms with Gasteiger partial charge in [-0.15, -0.1) is 0 Å². The van der Waals surface area contributed by atoms with Gasteiger partial charge in [-0.1, -0.05) is 0 Å². The molecule has 1 aromatic carbocycles. The smallest absolute Gasteiger partial charge is 0.399 e. The van der Waals surface area contributed by atoms with Gasteiger partial charge in [0.1, 0.15) is 11.6 Å². The van der Waals surface area contributed by atoms with Crippen LogP contribution in [0, 0.1) is 0 Å². The summed E-state index contributed by atoms with van der Waals surface area (Å²) in [5, 5.41) is 0.705.